The summed E-state index contributed by atoms with van der Waals surface area (Å²) >= 11 is 0. The highest BCUT2D eigenvalue weighted by atomic mass is 28.4. The van der Waals surface area contributed by atoms with Gasteiger partial charge >= 0.3 is 0 Å². The molecule has 25 heavy (non-hydrogen) atoms. The maximum absolute atomic E-state index is 12.4. The molecule has 0 heterocycles. The second-order valence-corrected chi connectivity index (χ2v) is 14.9. The SMILES string of the molecule is C=C=CC(=O)[C@@H](C)[C@H]1CC[C@H]2[C@@H](O[Si](C)(C)C(C)(C)C)CCC[C@]12C. The van der Waals surface area contributed by atoms with Gasteiger partial charge in [-0.1, -0.05) is 47.6 Å². The van der Waals surface area contributed by atoms with Gasteiger partial charge in [-0.05, 0) is 61.1 Å². The van der Waals surface area contributed by atoms with E-state index >= 15 is 0 Å². The molecule has 0 bridgehead atoms. The third-order valence-corrected chi connectivity index (χ3v) is 12.2. The molecule has 5 atom stereocenters. The van der Waals surface area contributed by atoms with Gasteiger partial charge in [0.2, 0.25) is 0 Å². The van der Waals surface area contributed by atoms with E-state index in [9.17, 15) is 4.79 Å². The van der Waals surface area contributed by atoms with Crippen molar-refractivity contribution in [2.45, 2.75) is 91.0 Å². The molecule has 0 aliphatic heterocycles. The Morgan fingerprint density at radius 1 is 1.32 bits per heavy atom. The Morgan fingerprint density at radius 3 is 2.52 bits per heavy atom. The molecule has 0 aromatic rings. The van der Waals surface area contributed by atoms with Gasteiger partial charge in [0.15, 0.2) is 14.1 Å². The van der Waals surface area contributed by atoms with Gasteiger partial charge in [-0.3, -0.25) is 4.79 Å². The van der Waals surface area contributed by atoms with Crippen molar-refractivity contribution in [1.82, 2.24) is 0 Å². The first-order chi connectivity index (χ1) is 11.4. The fourth-order valence-electron chi connectivity index (χ4n) is 5.11. The minimum Gasteiger partial charge on any atom is -0.414 e. The molecule has 0 spiro atoms. The average molecular weight is 363 g/mol. The van der Waals surface area contributed by atoms with Crippen LogP contribution in [0.15, 0.2) is 18.4 Å². The van der Waals surface area contributed by atoms with Crippen LogP contribution in [0.5, 0.6) is 0 Å². The highest BCUT2D eigenvalue weighted by Gasteiger charge is 2.55. The minimum atomic E-state index is -1.76. The van der Waals surface area contributed by atoms with Crippen LogP contribution in [0.4, 0.5) is 0 Å². The zero-order valence-corrected chi connectivity index (χ0v) is 18.4. The fraction of sp³-hybridized carbons (Fsp3) is 0.818. The summed E-state index contributed by atoms with van der Waals surface area (Å²) in [4.78, 5) is 12.4. The van der Waals surface area contributed by atoms with Crippen molar-refractivity contribution in [1.29, 1.82) is 0 Å². The van der Waals surface area contributed by atoms with E-state index in [1.807, 2.05) is 0 Å². The van der Waals surface area contributed by atoms with Crippen LogP contribution < -0.4 is 0 Å². The van der Waals surface area contributed by atoms with Crippen LogP contribution in [0.1, 0.15) is 66.7 Å². The second kappa shape index (κ2) is 7.17. The molecule has 0 aromatic heterocycles. The van der Waals surface area contributed by atoms with Crippen molar-refractivity contribution in [2.24, 2.45) is 23.2 Å². The number of fused-ring (bicyclic) bond motifs is 1. The first-order valence-corrected chi connectivity index (χ1v) is 12.9. The van der Waals surface area contributed by atoms with Gasteiger partial charge in [0, 0.05) is 18.1 Å². The molecule has 2 aliphatic carbocycles. The molecule has 0 unspecified atom stereocenters. The van der Waals surface area contributed by atoms with Crippen LogP contribution in [0.25, 0.3) is 0 Å². The molecule has 0 radical (unpaired) electrons. The summed E-state index contributed by atoms with van der Waals surface area (Å²) < 4.78 is 6.88. The normalized spacial score (nSPS) is 34.1. The van der Waals surface area contributed by atoms with Crippen molar-refractivity contribution < 1.29 is 9.22 Å². The Morgan fingerprint density at radius 2 is 1.96 bits per heavy atom. The second-order valence-electron chi connectivity index (χ2n) is 10.1. The lowest BCUT2D eigenvalue weighted by molar-refractivity contribution is -0.121. The maximum atomic E-state index is 12.4. The van der Waals surface area contributed by atoms with Gasteiger partial charge in [0.1, 0.15) is 0 Å². The van der Waals surface area contributed by atoms with E-state index in [1.54, 1.807) is 0 Å². The monoisotopic (exact) mass is 362 g/mol. The molecule has 0 saturated heterocycles. The highest BCUT2D eigenvalue weighted by molar-refractivity contribution is 6.74. The van der Waals surface area contributed by atoms with Crippen LogP contribution in [0.3, 0.4) is 0 Å². The predicted molar refractivity (Wildman–Crippen MR) is 108 cm³/mol. The van der Waals surface area contributed by atoms with E-state index in [0.29, 0.717) is 17.9 Å². The number of rotatable bonds is 5. The summed E-state index contributed by atoms with van der Waals surface area (Å²) in [6.07, 6.45) is 7.91. The van der Waals surface area contributed by atoms with Crippen LogP contribution in [0, 0.1) is 23.2 Å². The lowest BCUT2D eigenvalue weighted by atomic mass is 9.61. The lowest BCUT2D eigenvalue weighted by Gasteiger charge is -2.49. The number of ketones is 1. The van der Waals surface area contributed by atoms with Gasteiger partial charge in [-0.2, -0.15) is 0 Å². The molecule has 3 heteroatoms. The first-order valence-electron chi connectivity index (χ1n) is 10.0. The molecule has 2 rings (SSSR count). The lowest BCUT2D eigenvalue weighted by Crippen LogP contribution is -2.50. The van der Waals surface area contributed by atoms with Crippen molar-refractivity contribution in [3.63, 3.8) is 0 Å². The van der Waals surface area contributed by atoms with E-state index in [-0.39, 0.29) is 22.2 Å². The van der Waals surface area contributed by atoms with Crippen LogP contribution in [0.2, 0.25) is 18.1 Å². The molecule has 0 amide bonds. The van der Waals surface area contributed by atoms with Gasteiger partial charge in [-0.25, -0.2) is 0 Å². The summed E-state index contributed by atoms with van der Waals surface area (Å²) in [5, 5.41) is 0.247. The van der Waals surface area contributed by atoms with E-state index < -0.39 is 8.32 Å². The molecule has 0 N–H and O–H groups in total. The Labute approximate surface area is 156 Å². The topological polar surface area (TPSA) is 26.3 Å². The Bertz CT molecular complexity index is 553. The molecule has 2 nitrogen and oxygen atoms in total. The number of carbonyl (C=O) groups excluding carboxylic acids is 1. The Kier molecular flexibility index (Phi) is 5.93. The van der Waals surface area contributed by atoms with Crippen molar-refractivity contribution >= 4 is 14.1 Å². The van der Waals surface area contributed by atoms with Crippen LogP contribution in [-0.2, 0) is 9.22 Å². The van der Waals surface area contributed by atoms with Crippen molar-refractivity contribution in [3.05, 3.63) is 18.4 Å². The summed E-state index contributed by atoms with van der Waals surface area (Å²) in [5.41, 5.74) is 2.90. The third-order valence-electron chi connectivity index (χ3n) is 7.68. The van der Waals surface area contributed by atoms with Crippen molar-refractivity contribution in [3.8, 4) is 0 Å². The molecule has 2 fully saturated rings. The highest BCUT2D eigenvalue weighted by Crippen LogP contribution is 2.59. The van der Waals surface area contributed by atoms with Gasteiger partial charge in [0.25, 0.3) is 0 Å². The predicted octanol–water partition coefficient (Wildman–Crippen LogP) is 6.14. The van der Waals surface area contributed by atoms with Crippen molar-refractivity contribution in [2.75, 3.05) is 0 Å². The van der Waals surface area contributed by atoms with E-state index in [0.717, 1.165) is 6.42 Å². The van der Waals surface area contributed by atoms with E-state index in [1.165, 1.54) is 31.8 Å². The third kappa shape index (κ3) is 3.89. The van der Waals surface area contributed by atoms with Gasteiger partial charge in [-0.15, -0.1) is 5.73 Å². The Balaban J connectivity index is 2.21. The molecule has 0 aromatic carbocycles. The quantitative estimate of drug-likeness (QED) is 0.333. The minimum absolute atomic E-state index is 0.0656. The standard InChI is InChI=1S/C22H38O2Si/c1-9-11-19(23)16(2)17-13-14-18-20(12-10-15-22(17,18)6)24-25(7,8)21(3,4)5/h11,16-18,20H,1,10,12-15H2,2-8H3/t16-,17+,18-,20-,22+/m0/s1. The summed E-state index contributed by atoms with van der Waals surface area (Å²) in [6, 6.07) is 0. The average Bonchev–Trinajstić information content (AvgIpc) is 2.83. The molecule has 2 aliphatic rings. The molecular weight excluding hydrogens is 324 g/mol. The molecule has 2 saturated carbocycles. The number of allylic oxidation sites excluding steroid dienone is 1. The zero-order valence-electron chi connectivity index (χ0n) is 17.4. The summed E-state index contributed by atoms with van der Waals surface area (Å²) in [5.74, 6) is 1.31. The molecular formula is C22H38O2Si. The number of hydrogen-bond donors (Lipinski definition) is 0. The molecule has 142 valence electrons. The first kappa shape index (κ1) is 20.7. The smallest absolute Gasteiger partial charge is 0.192 e. The summed E-state index contributed by atoms with van der Waals surface area (Å²) in [7, 11) is -1.76. The van der Waals surface area contributed by atoms with Gasteiger partial charge < -0.3 is 4.43 Å². The fourth-order valence-corrected chi connectivity index (χ4v) is 6.50. The largest absolute Gasteiger partial charge is 0.414 e. The maximum Gasteiger partial charge on any atom is 0.192 e. The van der Waals surface area contributed by atoms with Crippen LogP contribution in [-0.4, -0.2) is 20.2 Å². The zero-order chi connectivity index (χ0) is 19.0. The van der Waals surface area contributed by atoms with Gasteiger partial charge in [0.05, 0.1) is 0 Å². The van der Waals surface area contributed by atoms with Crippen LogP contribution >= 0.6 is 0 Å². The van der Waals surface area contributed by atoms with E-state index in [4.69, 9.17) is 4.43 Å². The van der Waals surface area contributed by atoms with E-state index in [2.05, 4.69) is 60.0 Å². The Hall–Kier alpha value is -0.633. The summed E-state index contributed by atoms with van der Waals surface area (Å²) in [6.45, 7) is 19.8. The number of carbonyl (C=O) groups is 1. The number of hydrogen-bond acceptors (Lipinski definition) is 2.